The van der Waals surface area contributed by atoms with Crippen LogP contribution in [-0.2, 0) is 4.74 Å². The van der Waals surface area contributed by atoms with Crippen molar-refractivity contribution >= 4 is 0 Å². The maximum atomic E-state index is 9.39. The molecule has 1 saturated heterocycles. The summed E-state index contributed by atoms with van der Waals surface area (Å²) >= 11 is 0. The summed E-state index contributed by atoms with van der Waals surface area (Å²) in [4.78, 5) is 0. The van der Waals surface area contributed by atoms with Crippen LogP contribution < -0.4 is 0 Å². The summed E-state index contributed by atoms with van der Waals surface area (Å²) in [6.07, 6.45) is 4.65. The SMILES string of the molecule is C=CC[C@H](O)[C@@H]1O[C@H]1CCC. The van der Waals surface area contributed by atoms with Crippen LogP contribution in [0.5, 0.6) is 0 Å². The minimum Gasteiger partial charge on any atom is -0.390 e. The lowest BCUT2D eigenvalue weighted by Crippen LogP contribution is -2.15. The lowest BCUT2D eigenvalue weighted by Gasteiger charge is -2.01. The number of hydrogen-bond donors (Lipinski definition) is 1. The maximum Gasteiger partial charge on any atom is 0.110 e. The Bertz CT molecular complexity index is 134. The Morgan fingerprint density at radius 1 is 1.73 bits per heavy atom. The third kappa shape index (κ3) is 2.31. The van der Waals surface area contributed by atoms with E-state index in [1.54, 1.807) is 6.08 Å². The Hall–Kier alpha value is -0.340. The predicted octanol–water partition coefficient (Wildman–Crippen LogP) is 1.49. The number of ether oxygens (including phenoxy) is 1. The number of aliphatic hydroxyl groups excluding tert-OH is 1. The Balaban J connectivity index is 2.14. The van der Waals surface area contributed by atoms with Crippen molar-refractivity contribution in [1.29, 1.82) is 0 Å². The summed E-state index contributed by atoms with van der Waals surface area (Å²) in [6, 6.07) is 0. The molecular weight excluding hydrogens is 140 g/mol. The van der Waals surface area contributed by atoms with Crippen molar-refractivity contribution < 1.29 is 9.84 Å². The average molecular weight is 156 g/mol. The fourth-order valence-electron chi connectivity index (χ4n) is 1.32. The first-order valence-corrected chi connectivity index (χ1v) is 4.24. The maximum absolute atomic E-state index is 9.39. The van der Waals surface area contributed by atoms with Gasteiger partial charge in [0.05, 0.1) is 12.2 Å². The van der Waals surface area contributed by atoms with Crippen LogP contribution in [0.4, 0.5) is 0 Å². The van der Waals surface area contributed by atoms with Gasteiger partial charge in [0.15, 0.2) is 0 Å². The molecule has 1 rings (SSSR count). The van der Waals surface area contributed by atoms with Crippen molar-refractivity contribution in [2.24, 2.45) is 0 Å². The van der Waals surface area contributed by atoms with E-state index in [1.807, 2.05) is 0 Å². The molecule has 2 heteroatoms. The van der Waals surface area contributed by atoms with E-state index in [9.17, 15) is 5.11 Å². The van der Waals surface area contributed by atoms with Gasteiger partial charge in [-0.15, -0.1) is 6.58 Å². The van der Waals surface area contributed by atoms with Gasteiger partial charge in [-0.1, -0.05) is 19.4 Å². The quantitative estimate of drug-likeness (QED) is 0.483. The Morgan fingerprint density at radius 2 is 2.45 bits per heavy atom. The van der Waals surface area contributed by atoms with Gasteiger partial charge in [0.25, 0.3) is 0 Å². The van der Waals surface area contributed by atoms with Crippen molar-refractivity contribution in [3.8, 4) is 0 Å². The summed E-state index contributed by atoms with van der Waals surface area (Å²) in [5.74, 6) is 0. The van der Waals surface area contributed by atoms with Gasteiger partial charge in [-0.3, -0.25) is 0 Å². The zero-order chi connectivity index (χ0) is 8.27. The summed E-state index contributed by atoms with van der Waals surface area (Å²) in [6.45, 7) is 5.69. The van der Waals surface area contributed by atoms with Crippen LogP contribution in [0.25, 0.3) is 0 Å². The van der Waals surface area contributed by atoms with Crippen LogP contribution in [0.15, 0.2) is 12.7 Å². The molecule has 0 aliphatic carbocycles. The lowest BCUT2D eigenvalue weighted by molar-refractivity contribution is 0.138. The number of epoxide rings is 1. The highest BCUT2D eigenvalue weighted by Gasteiger charge is 2.42. The van der Waals surface area contributed by atoms with Crippen LogP contribution in [0.1, 0.15) is 26.2 Å². The molecule has 0 spiro atoms. The van der Waals surface area contributed by atoms with E-state index in [4.69, 9.17) is 4.74 Å². The zero-order valence-corrected chi connectivity index (χ0v) is 6.99. The van der Waals surface area contributed by atoms with E-state index in [0.29, 0.717) is 12.5 Å². The summed E-state index contributed by atoms with van der Waals surface area (Å²) in [7, 11) is 0. The second-order valence-corrected chi connectivity index (χ2v) is 3.02. The molecule has 11 heavy (non-hydrogen) atoms. The van der Waals surface area contributed by atoms with Crippen LogP contribution in [0.2, 0.25) is 0 Å². The topological polar surface area (TPSA) is 32.8 Å². The molecule has 0 unspecified atom stereocenters. The minimum absolute atomic E-state index is 0.0907. The molecule has 1 N–H and O–H groups in total. The van der Waals surface area contributed by atoms with Crippen LogP contribution in [0, 0.1) is 0 Å². The third-order valence-electron chi connectivity index (χ3n) is 1.98. The number of aliphatic hydroxyl groups is 1. The largest absolute Gasteiger partial charge is 0.390 e. The third-order valence-corrected chi connectivity index (χ3v) is 1.98. The van der Waals surface area contributed by atoms with Crippen LogP contribution in [-0.4, -0.2) is 23.4 Å². The van der Waals surface area contributed by atoms with Gasteiger partial charge in [0.2, 0.25) is 0 Å². The monoisotopic (exact) mass is 156 g/mol. The van der Waals surface area contributed by atoms with Gasteiger partial charge >= 0.3 is 0 Å². The van der Waals surface area contributed by atoms with E-state index in [1.165, 1.54) is 0 Å². The second kappa shape index (κ2) is 3.88. The van der Waals surface area contributed by atoms with Crippen LogP contribution >= 0.6 is 0 Å². The highest BCUT2D eigenvalue weighted by molar-refractivity contribution is 4.92. The Labute approximate surface area is 67.9 Å². The van der Waals surface area contributed by atoms with Gasteiger partial charge in [-0.2, -0.15) is 0 Å². The van der Waals surface area contributed by atoms with Gasteiger partial charge < -0.3 is 9.84 Å². The molecule has 1 fully saturated rings. The molecule has 0 aromatic heterocycles. The minimum atomic E-state index is -0.330. The first-order chi connectivity index (χ1) is 5.29. The van der Waals surface area contributed by atoms with E-state index in [0.717, 1.165) is 12.8 Å². The van der Waals surface area contributed by atoms with Gasteiger partial charge in [0, 0.05) is 0 Å². The fourth-order valence-corrected chi connectivity index (χ4v) is 1.32. The normalized spacial score (nSPS) is 31.5. The smallest absolute Gasteiger partial charge is 0.110 e. The molecule has 1 heterocycles. The first kappa shape index (κ1) is 8.75. The molecule has 0 radical (unpaired) electrons. The highest BCUT2D eigenvalue weighted by atomic mass is 16.6. The highest BCUT2D eigenvalue weighted by Crippen LogP contribution is 2.30. The zero-order valence-electron chi connectivity index (χ0n) is 6.99. The molecular formula is C9H16O2. The van der Waals surface area contributed by atoms with E-state index in [-0.39, 0.29) is 12.2 Å². The summed E-state index contributed by atoms with van der Waals surface area (Å²) in [5.41, 5.74) is 0. The molecule has 1 aliphatic heterocycles. The molecule has 3 atom stereocenters. The van der Waals surface area contributed by atoms with Gasteiger partial charge in [0.1, 0.15) is 6.10 Å². The van der Waals surface area contributed by atoms with E-state index >= 15 is 0 Å². The van der Waals surface area contributed by atoms with Gasteiger partial charge in [-0.05, 0) is 12.8 Å². The Morgan fingerprint density at radius 3 is 3.00 bits per heavy atom. The molecule has 0 aromatic rings. The molecule has 1 aliphatic rings. The molecule has 0 aromatic carbocycles. The molecule has 0 saturated carbocycles. The van der Waals surface area contributed by atoms with Crippen molar-refractivity contribution in [2.75, 3.05) is 0 Å². The van der Waals surface area contributed by atoms with Crippen molar-refractivity contribution in [3.63, 3.8) is 0 Å². The predicted molar refractivity (Wildman–Crippen MR) is 44.4 cm³/mol. The molecule has 0 bridgehead atoms. The van der Waals surface area contributed by atoms with Crippen molar-refractivity contribution in [1.82, 2.24) is 0 Å². The molecule has 2 nitrogen and oxygen atoms in total. The van der Waals surface area contributed by atoms with Crippen molar-refractivity contribution in [3.05, 3.63) is 12.7 Å². The Kier molecular flexibility index (Phi) is 3.09. The summed E-state index contributed by atoms with van der Waals surface area (Å²) < 4.78 is 5.27. The van der Waals surface area contributed by atoms with Crippen LogP contribution in [0.3, 0.4) is 0 Å². The van der Waals surface area contributed by atoms with E-state index < -0.39 is 0 Å². The number of hydrogen-bond acceptors (Lipinski definition) is 2. The first-order valence-electron chi connectivity index (χ1n) is 4.24. The fraction of sp³-hybridized carbons (Fsp3) is 0.778. The number of rotatable bonds is 5. The van der Waals surface area contributed by atoms with Gasteiger partial charge in [-0.25, -0.2) is 0 Å². The average Bonchev–Trinajstić information content (AvgIpc) is 2.69. The van der Waals surface area contributed by atoms with Crippen molar-refractivity contribution in [2.45, 2.75) is 44.5 Å². The lowest BCUT2D eigenvalue weighted by atomic mass is 10.1. The molecule has 64 valence electrons. The summed E-state index contributed by atoms with van der Waals surface area (Å²) in [5, 5.41) is 9.39. The second-order valence-electron chi connectivity index (χ2n) is 3.02. The molecule has 0 amide bonds. The van der Waals surface area contributed by atoms with E-state index in [2.05, 4.69) is 13.5 Å². The standard InChI is InChI=1S/C9H16O2/c1-3-5-7(10)9-8(11-9)6-4-2/h3,7-10H,1,4-6H2,2H3/t7-,8-,9-/m0/s1.